The summed E-state index contributed by atoms with van der Waals surface area (Å²) in [5.74, 6) is 0.701. The molecule has 0 N–H and O–H groups in total. The van der Waals surface area contributed by atoms with Gasteiger partial charge in [-0.15, -0.1) is 0 Å². The molecule has 25 heavy (non-hydrogen) atoms. The minimum atomic E-state index is -0.0430. The Morgan fingerprint density at radius 3 is 2.48 bits per heavy atom. The van der Waals surface area contributed by atoms with Crippen molar-refractivity contribution in [1.82, 2.24) is 14.5 Å². The van der Waals surface area contributed by atoms with Gasteiger partial charge in [0, 0.05) is 23.7 Å². The molecule has 0 saturated heterocycles. The van der Waals surface area contributed by atoms with Crippen molar-refractivity contribution < 1.29 is 0 Å². The first kappa shape index (κ1) is 17.6. The van der Waals surface area contributed by atoms with E-state index in [1.54, 1.807) is 22.8 Å². The number of hydrogen-bond acceptors (Lipinski definition) is 3. The molecule has 0 unspecified atom stereocenters. The monoisotopic (exact) mass is 355 g/mol. The Balaban J connectivity index is 2.16. The second-order valence-electron chi connectivity index (χ2n) is 5.95. The lowest BCUT2D eigenvalue weighted by atomic mass is 10.1. The normalized spacial score (nSPS) is 11.4. The molecule has 0 aliphatic carbocycles. The summed E-state index contributed by atoms with van der Waals surface area (Å²) in [6.45, 7) is 7.57. The maximum absolute atomic E-state index is 13.1. The van der Waals surface area contributed by atoms with Gasteiger partial charge in [0.2, 0.25) is 0 Å². The zero-order valence-corrected chi connectivity index (χ0v) is 15.3. The zero-order chi connectivity index (χ0) is 17.8. The van der Waals surface area contributed by atoms with E-state index >= 15 is 0 Å². The van der Waals surface area contributed by atoms with Crippen LogP contribution in [0.2, 0.25) is 5.02 Å². The third-order valence-corrected chi connectivity index (χ3v) is 4.72. The summed E-state index contributed by atoms with van der Waals surface area (Å²) in [6.07, 6.45) is 0. The minimum Gasteiger partial charge on any atom is -0.302 e. The average Bonchev–Trinajstić information content (AvgIpc) is 2.65. The van der Waals surface area contributed by atoms with Crippen LogP contribution in [0.1, 0.15) is 13.8 Å². The Kier molecular flexibility index (Phi) is 5.51. The summed E-state index contributed by atoms with van der Waals surface area (Å²) in [5.41, 5.74) is 1.57. The Morgan fingerprint density at radius 2 is 1.80 bits per heavy atom. The van der Waals surface area contributed by atoms with Crippen LogP contribution in [0.3, 0.4) is 0 Å². The van der Waals surface area contributed by atoms with E-state index in [1.165, 1.54) is 0 Å². The van der Waals surface area contributed by atoms with Crippen molar-refractivity contribution in [2.24, 2.45) is 0 Å². The third-order valence-electron chi connectivity index (χ3n) is 4.48. The number of benzene rings is 2. The highest BCUT2D eigenvalue weighted by atomic mass is 35.5. The Bertz CT molecular complexity index is 917. The highest BCUT2D eigenvalue weighted by Gasteiger charge is 2.13. The summed E-state index contributed by atoms with van der Waals surface area (Å²) < 4.78 is 1.77. The largest absolute Gasteiger partial charge is 0.302 e. The summed E-state index contributed by atoms with van der Waals surface area (Å²) in [7, 11) is 0. The van der Waals surface area contributed by atoms with E-state index in [1.807, 2.05) is 30.3 Å². The SMILES string of the molecule is CCN(CC)CCn1c(-c2ccccc2)nc2ccc(Cl)cc2c1=O. The van der Waals surface area contributed by atoms with E-state index in [2.05, 4.69) is 18.7 Å². The molecule has 0 aliphatic rings. The van der Waals surface area contributed by atoms with Gasteiger partial charge in [-0.2, -0.15) is 0 Å². The van der Waals surface area contributed by atoms with Crippen molar-refractivity contribution in [3.8, 4) is 11.4 Å². The van der Waals surface area contributed by atoms with Crippen LogP contribution in [0, 0.1) is 0 Å². The predicted octanol–water partition coefficient (Wildman–Crippen LogP) is 4.06. The maximum Gasteiger partial charge on any atom is 0.261 e. The van der Waals surface area contributed by atoms with Crippen molar-refractivity contribution in [3.05, 3.63) is 63.9 Å². The molecule has 0 amide bonds. The molecule has 1 aromatic heterocycles. The van der Waals surface area contributed by atoms with Crippen molar-refractivity contribution >= 4 is 22.5 Å². The summed E-state index contributed by atoms with van der Waals surface area (Å²) in [6, 6.07) is 15.1. The molecular formula is C20H22ClN3O. The van der Waals surface area contributed by atoms with Crippen LogP contribution >= 0.6 is 11.6 Å². The summed E-state index contributed by atoms with van der Waals surface area (Å²) in [4.78, 5) is 20.2. The second kappa shape index (κ2) is 7.81. The van der Waals surface area contributed by atoms with E-state index in [4.69, 9.17) is 16.6 Å². The van der Waals surface area contributed by atoms with Gasteiger partial charge in [0.05, 0.1) is 10.9 Å². The maximum atomic E-state index is 13.1. The molecule has 0 saturated carbocycles. The molecule has 0 fully saturated rings. The molecule has 0 bridgehead atoms. The smallest absolute Gasteiger partial charge is 0.261 e. The lowest BCUT2D eigenvalue weighted by Crippen LogP contribution is -2.32. The molecule has 0 radical (unpaired) electrons. The van der Waals surface area contributed by atoms with Gasteiger partial charge in [-0.3, -0.25) is 9.36 Å². The van der Waals surface area contributed by atoms with Crippen LogP contribution in [0.5, 0.6) is 0 Å². The first-order chi connectivity index (χ1) is 12.1. The van der Waals surface area contributed by atoms with E-state index in [-0.39, 0.29) is 5.56 Å². The standard InChI is InChI=1S/C20H22ClN3O/c1-3-23(4-2)12-13-24-19(15-8-6-5-7-9-15)22-18-11-10-16(21)14-17(18)20(24)25/h5-11,14H,3-4,12-13H2,1-2H3. The number of halogens is 1. The van der Waals surface area contributed by atoms with Crippen molar-refractivity contribution in [2.75, 3.05) is 19.6 Å². The van der Waals surface area contributed by atoms with Crippen LogP contribution in [0.4, 0.5) is 0 Å². The number of fused-ring (bicyclic) bond motifs is 1. The lowest BCUT2D eigenvalue weighted by Gasteiger charge is -2.20. The Morgan fingerprint density at radius 1 is 1.08 bits per heavy atom. The molecular weight excluding hydrogens is 334 g/mol. The van der Waals surface area contributed by atoms with Gasteiger partial charge in [-0.1, -0.05) is 55.8 Å². The van der Waals surface area contributed by atoms with E-state index in [0.717, 1.165) is 25.2 Å². The van der Waals surface area contributed by atoms with E-state index in [9.17, 15) is 4.79 Å². The molecule has 0 spiro atoms. The predicted molar refractivity (Wildman–Crippen MR) is 104 cm³/mol. The molecule has 2 aromatic carbocycles. The number of aromatic nitrogens is 2. The number of rotatable bonds is 6. The molecule has 3 aromatic rings. The molecule has 0 atom stereocenters. The number of hydrogen-bond donors (Lipinski definition) is 0. The first-order valence-electron chi connectivity index (χ1n) is 8.62. The fourth-order valence-electron chi connectivity index (χ4n) is 2.99. The second-order valence-corrected chi connectivity index (χ2v) is 6.38. The minimum absolute atomic E-state index is 0.0430. The molecule has 4 nitrogen and oxygen atoms in total. The van der Waals surface area contributed by atoms with E-state index in [0.29, 0.717) is 28.3 Å². The van der Waals surface area contributed by atoms with Gasteiger partial charge < -0.3 is 4.90 Å². The first-order valence-corrected chi connectivity index (χ1v) is 8.99. The van der Waals surface area contributed by atoms with Crippen LogP contribution < -0.4 is 5.56 Å². The Hall–Kier alpha value is -2.17. The molecule has 130 valence electrons. The fourth-order valence-corrected chi connectivity index (χ4v) is 3.16. The summed E-state index contributed by atoms with van der Waals surface area (Å²) >= 11 is 6.09. The van der Waals surface area contributed by atoms with Gasteiger partial charge in [0.15, 0.2) is 0 Å². The summed E-state index contributed by atoms with van der Waals surface area (Å²) in [5, 5.41) is 1.11. The zero-order valence-electron chi connectivity index (χ0n) is 14.6. The van der Waals surface area contributed by atoms with E-state index < -0.39 is 0 Å². The van der Waals surface area contributed by atoms with Crippen molar-refractivity contribution in [1.29, 1.82) is 0 Å². The van der Waals surface area contributed by atoms with Gasteiger partial charge in [0.25, 0.3) is 5.56 Å². The average molecular weight is 356 g/mol. The number of nitrogens with zero attached hydrogens (tertiary/aromatic N) is 3. The van der Waals surface area contributed by atoms with Crippen molar-refractivity contribution in [3.63, 3.8) is 0 Å². The van der Waals surface area contributed by atoms with Crippen molar-refractivity contribution in [2.45, 2.75) is 20.4 Å². The molecule has 0 aliphatic heterocycles. The quantitative estimate of drug-likeness (QED) is 0.669. The van der Waals surface area contributed by atoms with Crippen LogP contribution in [0.15, 0.2) is 53.3 Å². The Labute approximate surface area is 152 Å². The highest BCUT2D eigenvalue weighted by molar-refractivity contribution is 6.31. The van der Waals surface area contributed by atoms with Crippen LogP contribution in [0.25, 0.3) is 22.3 Å². The fraction of sp³-hybridized carbons (Fsp3) is 0.300. The van der Waals surface area contributed by atoms with Gasteiger partial charge in [-0.05, 0) is 31.3 Å². The van der Waals surface area contributed by atoms with Gasteiger partial charge in [0.1, 0.15) is 5.82 Å². The third kappa shape index (κ3) is 3.75. The van der Waals surface area contributed by atoms with Gasteiger partial charge in [-0.25, -0.2) is 4.98 Å². The van der Waals surface area contributed by atoms with Crippen LogP contribution in [-0.2, 0) is 6.54 Å². The lowest BCUT2D eigenvalue weighted by molar-refractivity contribution is 0.289. The van der Waals surface area contributed by atoms with Gasteiger partial charge >= 0.3 is 0 Å². The topological polar surface area (TPSA) is 38.1 Å². The number of likely N-dealkylation sites (N-methyl/N-ethyl adjacent to an activating group) is 1. The molecule has 3 rings (SSSR count). The molecule has 1 heterocycles. The van der Waals surface area contributed by atoms with Crippen LogP contribution in [-0.4, -0.2) is 34.1 Å². The molecule has 5 heteroatoms. The highest BCUT2D eigenvalue weighted by Crippen LogP contribution is 2.21.